The average Bonchev–Trinajstić information content (AvgIpc) is 2.86. The first-order chi connectivity index (χ1) is 9.00. The van der Waals surface area contributed by atoms with Crippen LogP contribution in [-0.2, 0) is 9.59 Å². The second-order valence-corrected chi connectivity index (χ2v) is 4.98. The molecule has 5 nitrogen and oxygen atoms in total. The summed E-state index contributed by atoms with van der Waals surface area (Å²) in [7, 11) is 0. The van der Waals surface area contributed by atoms with E-state index in [0.29, 0.717) is 18.7 Å². The van der Waals surface area contributed by atoms with Crippen molar-refractivity contribution in [1.82, 2.24) is 4.90 Å². The van der Waals surface area contributed by atoms with Gasteiger partial charge < -0.3 is 16.4 Å². The van der Waals surface area contributed by atoms with Crippen LogP contribution >= 0.6 is 0 Å². The van der Waals surface area contributed by atoms with Gasteiger partial charge in [-0.3, -0.25) is 9.59 Å². The molecule has 1 saturated heterocycles. The van der Waals surface area contributed by atoms with Gasteiger partial charge in [0.2, 0.25) is 11.8 Å². The predicted molar refractivity (Wildman–Crippen MR) is 73.2 cm³/mol. The van der Waals surface area contributed by atoms with Gasteiger partial charge in [0.15, 0.2) is 0 Å². The van der Waals surface area contributed by atoms with Gasteiger partial charge in [0, 0.05) is 12.2 Å². The number of hydrogen-bond acceptors (Lipinski definition) is 3. The normalized spacial score (nSPS) is 20.3. The number of rotatable bonds is 3. The number of carbonyl (C=O) groups excluding carboxylic acids is 2. The van der Waals surface area contributed by atoms with Crippen molar-refractivity contribution in [3.63, 3.8) is 0 Å². The number of hydrogen-bond donors (Lipinski definition) is 2. The fourth-order valence-corrected chi connectivity index (χ4v) is 2.55. The topological polar surface area (TPSA) is 89.4 Å². The molecule has 0 spiro atoms. The second kappa shape index (κ2) is 5.30. The standard InChI is InChI=1S/C14H19N3O2/c1-9(10-4-2-5-11(15)8-10)14(19)17-7-3-6-12(17)13(16)18/h2,4-5,8-9,12H,3,6-7,15H2,1H3,(H2,16,18). The van der Waals surface area contributed by atoms with E-state index < -0.39 is 11.9 Å². The van der Waals surface area contributed by atoms with Crippen LogP contribution in [0.4, 0.5) is 5.69 Å². The molecule has 0 aromatic heterocycles. The number of carbonyl (C=O) groups is 2. The molecule has 1 aromatic carbocycles. The number of benzene rings is 1. The van der Waals surface area contributed by atoms with Gasteiger partial charge in [-0.05, 0) is 37.5 Å². The molecule has 1 aliphatic heterocycles. The fraction of sp³-hybridized carbons (Fsp3) is 0.429. The number of primary amides is 1. The first-order valence-electron chi connectivity index (χ1n) is 6.46. The van der Waals surface area contributed by atoms with Gasteiger partial charge in [-0.2, -0.15) is 0 Å². The van der Waals surface area contributed by atoms with Crippen molar-refractivity contribution in [1.29, 1.82) is 0 Å². The van der Waals surface area contributed by atoms with E-state index in [0.717, 1.165) is 12.0 Å². The van der Waals surface area contributed by atoms with E-state index >= 15 is 0 Å². The van der Waals surface area contributed by atoms with Crippen LogP contribution in [0.25, 0.3) is 0 Å². The third-order valence-corrected chi connectivity index (χ3v) is 3.65. The Morgan fingerprint density at radius 3 is 2.79 bits per heavy atom. The fourth-order valence-electron chi connectivity index (χ4n) is 2.55. The first-order valence-corrected chi connectivity index (χ1v) is 6.46. The van der Waals surface area contributed by atoms with Crippen LogP contribution in [0.15, 0.2) is 24.3 Å². The molecule has 1 heterocycles. The number of anilines is 1. The molecule has 0 bridgehead atoms. The van der Waals surface area contributed by atoms with Crippen molar-refractivity contribution in [3.05, 3.63) is 29.8 Å². The van der Waals surface area contributed by atoms with Crippen molar-refractivity contribution in [2.45, 2.75) is 31.7 Å². The third-order valence-electron chi connectivity index (χ3n) is 3.65. The molecule has 0 saturated carbocycles. The summed E-state index contributed by atoms with van der Waals surface area (Å²) in [6.45, 7) is 2.42. The predicted octanol–water partition coefficient (Wildman–Crippen LogP) is 0.849. The minimum atomic E-state index is -0.462. The molecule has 0 radical (unpaired) electrons. The molecule has 2 atom stereocenters. The zero-order valence-corrected chi connectivity index (χ0v) is 11.0. The molecule has 1 aliphatic rings. The molecule has 1 fully saturated rings. The van der Waals surface area contributed by atoms with Gasteiger partial charge in [-0.15, -0.1) is 0 Å². The van der Waals surface area contributed by atoms with E-state index in [1.807, 2.05) is 19.1 Å². The summed E-state index contributed by atoms with van der Waals surface area (Å²) >= 11 is 0. The van der Waals surface area contributed by atoms with E-state index in [4.69, 9.17) is 11.5 Å². The van der Waals surface area contributed by atoms with E-state index in [1.54, 1.807) is 17.0 Å². The maximum Gasteiger partial charge on any atom is 0.240 e. The summed E-state index contributed by atoms with van der Waals surface area (Å²) in [5, 5.41) is 0. The molecule has 2 unspecified atom stereocenters. The maximum absolute atomic E-state index is 12.4. The highest BCUT2D eigenvalue weighted by Gasteiger charge is 2.34. The zero-order chi connectivity index (χ0) is 14.0. The Kier molecular flexibility index (Phi) is 3.74. The Bertz CT molecular complexity index is 501. The quantitative estimate of drug-likeness (QED) is 0.790. The highest BCUT2D eigenvalue weighted by molar-refractivity contribution is 5.90. The minimum absolute atomic E-state index is 0.0631. The maximum atomic E-state index is 12.4. The second-order valence-electron chi connectivity index (χ2n) is 4.98. The average molecular weight is 261 g/mol. The zero-order valence-electron chi connectivity index (χ0n) is 11.0. The number of likely N-dealkylation sites (tertiary alicyclic amines) is 1. The van der Waals surface area contributed by atoms with Crippen LogP contribution in [0, 0.1) is 0 Å². The van der Waals surface area contributed by atoms with Gasteiger partial charge in [0.05, 0.1) is 5.92 Å². The van der Waals surface area contributed by atoms with Crippen molar-refractivity contribution < 1.29 is 9.59 Å². The number of nitrogens with two attached hydrogens (primary N) is 2. The Balaban J connectivity index is 2.17. The molecule has 0 aliphatic carbocycles. The van der Waals surface area contributed by atoms with E-state index in [1.165, 1.54) is 0 Å². The molecular weight excluding hydrogens is 242 g/mol. The van der Waals surface area contributed by atoms with Gasteiger partial charge in [-0.1, -0.05) is 12.1 Å². The van der Waals surface area contributed by atoms with Crippen LogP contribution in [-0.4, -0.2) is 29.3 Å². The lowest BCUT2D eigenvalue weighted by molar-refractivity contribution is -0.138. The summed E-state index contributed by atoms with van der Waals surface area (Å²) in [5.41, 5.74) is 12.6. The molecular formula is C14H19N3O2. The summed E-state index contributed by atoms with van der Waals surface area (Å²) in [5.74, 6) is -0.805. The van der Waals surface area contributed by atoms with Crippen molar-refractivity contribution in [2.24, 2.45) is 5.73 Å². The highest BCUT2D eigenvalue weighted by atomic mass is 16.2. The Morgan fingerprint density at radius 2 is 2.16 bits per heavy atom. The van der Waals surface area contributed by atoms with E-state index in [-0.39, 0.29) is 11.8 Å². The van der Waals surface area contributed by atoms with Crippen LogP contribution < -0.4 is 11.5 Å². The molecule has 1 aromatic rings. The first kappa shape index (κ1) is 13.4. The monoisotopic (exact) mass is 261 g/mol. The summed E-state index contributed by atoms with van der Waals surface area (Å²) in [4.78, 5) is 25.4. The lowest BCUT2D eigenvalue weighted by atomic mass is 9.99. The largest absolute Gasteiger partial charge is 0.399 e. The molecule has 19 heavy (non-hydrogen) atoms. The van der Waals surface area contributed by atoms with Gasteiger partial charge >= 0.3 is 0 Å². The smallest absolute Gasteiger partial charge is 0.240 e. The van der Waals surface area contributed by atoms with Crippen molar-refractivity contribution in [2.75, 3.05) is 12.3 Å². The lowest BCUT2D eigenvalue weighted by Crippen LogP contribution is -2.45. The number of nitrogen functional groups attached to an aromatic ring is 1. The molecule has 102 valence electrons. The Labute approximate surface area is 112 Å². The minimum Gasteiger partial charge on any atom is -0.399 e. The van der Waals surface area contributed by atoms with Crippen molar-refractivity contribution in [3.8, 4) is 0 Å². The Hall–Kier alpha value is -2.04. The summed E-state index contributed by atoms with van der Waals surface area (Å²) < 4.78 is 0. The van der Waals surface area contributed by atoms with Crippen LogP contribution in [0.3, 0.4) is 0 Å². The molecule has 2 rings (SSSR count). The molecule has 2 amide bonds. The van der Waals surface area contributed by atoms with E-state index in [9.17, 15) is 9.59 Å². The van der Waals surface area contributed by atoms with Crippen molar-refractivity contribution >= 4 is 17.5 Å². The van der Waals surface area contributed by atoms with Crippen LogP contribution in [0.1, 0.15) is 31.2 Å². The van der Waals surface area contributed by atoms with E-state index in [2.05, 4.69) is 0 Å². The Morgan fingerprint density at radius 1 is 1.42 bits per heavy atom. The number of amides is 2. The molecule has 4 N–H and O–H groups in total. The SMILES string of the molecule is CC(C(=O)N1CCCC1C(N)=O)c1cccc(N)c1. The van der Waals surface area contributed by atoms with Crippen LogP contribution in [0.2, 0.25) is 0 Å². The highest BCUT2D eigenvalue weighted by Crippen LogP contribution is 2.25. The summed E-state index contributed by atoms with van der Waals surface area (Å²) in [6.07, 6.45) is 1.48. The van der Waals surface area contributed by atoms with Gasteiger partial charge in [0.25, 0.3) is 0 Å². The lowest BCUT2D eigenvalue weighted by Gasteiger charge is -2.25. The van der Waals surface area contributed by atoms with Gasteiger partial charge in [0.1, 0.15) is 6.04 Å². The summed E-state index contributed by atoms with van der Waals surface area (Å²) in [6, 6.07) is 6.80. The molecule has 5 heteroatoms. The number of nitrogens with zero attached hydrogens (tertiary/aromatic N) is 1. The van der Waals surface area contributed by atoms with Gasteiger partial charge in [-0.25, -0.2) is 0 Å². The third kappa shape index (κ3) is 2.70. The van der Waals surface area contributed by atoms with Crippen LogP contribution in [0.5, 0.6) is 0 Å².